The average molecular weight is 1090 g/mol. The highest BCUT2D eigenvalue weighted by Crippen LogP contribution is 2.49. The first kappa shape index (κ1) is 44.7. The van der Waals surface area contributed by atoms with Gasteiger partial charge in [-0.05, 0) is 82.5 Å². The molecule has 1 N–H and O–H groups in total. The molecule has 0 bridgehead atoms. The molecule has 13 heteroatoms. The van der Waals surface area contributed by atoms with Gasteiger partial charge < -0.3 is 13.8 Å². The van der Waals surface area contributed by atoms with Crippen LogP contribution in [-0.4, -0.2) is 29.5 Å². The summed E-state index contributed by atoms with van der Waals surface area (Å²) < 4.78 is 19.4. The van der Waals surface area contributed by atoms with Gasteiger partial charge in [-0.3, -0.25) is 4.57 Å². The fraction of sp³-hybridized carbons (Fsp3) is 0. The number of nitrogens with zero attached hydrogens (tertiary/aromatic N) is 5. The van der Waals surface area contributed by atoms with E-state index in [1.54, 1.807) is 0 Å². The Morgan fingerprint density at radius 2 is 0.857 bits per heavy atom. The van der Waals surface area contributed by atoms with Gasteiger partial charge in [0.2, 0.25) is 10.6 Å². The third-order valence-electron chi connectivity index (χ3n) is 14.7. The molecular weight excluding hydrogens is 1060 g/mol. The number of para-hydroxylation sites is 4. The molecule has 8 aromatic heterocycles. The second-order valence-electron chi connectivity index (χ2n) is 18.8. The van der Waals surface area contributed by atoms with Crippen LogP contribution >= 0.6 is 57.5 Å². The summed E-state index contributed by atoms with van der Waals surface area (Å²) in [7, 11) is 0. The predicted molar refractivity (Wildman–Crippen MR) is 325 cm³/mol. The first-order valence-corrected chi connectivity index (χ1v) is 27.5. The lowest BCUT2D eigenvalue weighted by molar-refractivity contribution is 0.662. The lowest BCUT2D eigenvalue weighted by atomic mass is 10.00. The van der Waals surface area contributed by atoms with Crippen molar-refractivity contribution in [2.45, 2.75) is 0 Å². The molecular formula is C64H33Cl3N6O2S2. The van der Waals surface area contributed by atoms with Gasteiger partial charge in [-0.15, -0.1) is 22.7 Å². The van der Waals surface area contributed by atoms with E-state index in [2.05, 4.69) is 170 Å². The fourth-order valence-corrected chi connectivity index (χ4v) is 14.6. The molecule has 18 rings (SSSR count). The van der Waals surface area contributed by atoms with E-state index >= 15 is 0 Å². The standard InChI is InChI=1S/C32H16ClN3OS.C22H13NS.C10H4Cl2N2O/c33-32-34-27-20-12-4-7-15-23(20)37-29(27)31(35-32)36-22-14-6-3-11-19(22)25-17-9-1-2-10-18(17)30-26(28(25)36)21-13-5-8-16-24(21)38-30;1-2-8-14-13(7-1)19-15-9-3-5-11-17(15)23-21(19)20-16-10-4-6-12-18(16)24-22(14)20;11-9-8-7(13-10(12)14-9)5-3-1-2-4-6(5)15-8/h1-16H;1-12,23H;1-4H. The van der Waals surface area contributed by atoms with Gasteiger partial charge in [0.05, 0.1) is 16.6 Å². The molecule has 0 radical (unpaired) electrons. The SMILES string of the molecule is Clc1nc(-n2c3ccccc3c3c4ccccc4c4sc5ccccc5c4c32)c2oc3ccccc3c2n1.Clc1nc(Cl)c2oc3ccccc3c2n1.c1ccc2c(c1)[nH]c1c2c2ccccc2c2sc3ccccc3c12. The van der Waals surface area contributed by atoms with E-state index in [0.29, 0.717) is 28.0 Å². The molecule has 0 saturated carbocycles. The van der Waals surface area contributed by atoms with Gasteiger partial charge in [-0.1, -0.05) is 157 Å². The van der Waals surface area contributed by atoms with Gasteiger partial charge in [-0.25, -0.2) is 15.0 Å². The summed E-state index contributed by atoms with van der Waals surface area (Å²) in [5, 5.41) is 17.7. The third-order valence-corrected chi connectivity index (χ3v) is 17.7. The van der Waals surface area contributed by atoms with Gasteiger partial charge in [0, 0.05) is 89.0 Å². The highest BCUT2D eigenvalue weighted by Gasteiger charge is 2.26. The number of aromatic nitrogens is 6. The smallest absolute Gasteiger partial charge is 0.225 e. The largest absolute Gasteiger partial charge is 0.451 e. The van der Waals surface area contributed by atoms with Crippen LogP contribution in [0, 0.1) is 0 Å². The van der Waals surface area contributed by atoms with Crippen molar-refractivity contribution >= 4 is 207 Å². The molecule has 0 aliphatic carbocycles. The van der Waals surface area contributed by atoms with Crippen LogP contribution in [0.5, 0.6) is 0 Å². The van der Waals surface area contributed by atoms with Crippen molar-refractivity contribution in [3.05, 3.63) is 210 Å². The number of fused-ring (bicyclic) bond motifs is 26. The molecule has 0 unspecified atom stereocenters. The zero-order valence-corrected chi connectivity index (χ0v) is 43.9. The minimum Gasteiger partial charge on any atom is -0.451 e. The zero-order chi connectivity index (χ0) is 51.0. The molecule has 0 aliphatic rings. The Morgan fingerprint density at radius 1 is 0.390 bits per heavy atom. The van der Waals surface area contributed by atoms with Crippen LogP contribution < -0.4 is 0 Å². The highest BCUT2D eigenvalue weighted by atomic mass is 35.5. The van der Waals surface area contributed by atoms with Gasteiger partial charge in [0.15, 0.2) is 22.1 Å². The first-order chi connectivity index (χ1) is 37.9. The van der Waals surface area contributed by atoms with Crippen molar-refractivity contribution in [3.8, 4) is 5.82 Å². The van der Waals surface area contributed by atoms with E-state index in [1.807, 2.05) is 71.2 Å². The van der Waals surface area contributed by atoms with Crippen molar-refractivity contribution in [1.29, 1.82) is 0 Å². The Balaban J connectivity index is 0.000000108. The molecule has 8 nitrogen and oxygen atoms in total. The van der Waals surface area contributed by atoms with E-state index in [0.717, 1.165) is 38.4 Å². The van der Waals surface area contributed by atoms with E-state index in [-0.39, 0.29) is 15.7 Å². The van der Waals surface area contributed by atoms with Crippen molar-refractivity contribution in [2.75, 3.05) is 0 Å². The van der Waals surface area contributed by atoms with Crippen molar-refractivity contribution < 1.29 is 8.83 Å². The van der Waals surface area contributed by atoms with Crippen LogP contribution in [0.25, 0.3) is 155 Å². The quantitative estimate of drug-likeness (QED) is 0.130. The van der Waals surface area contributed by atoms with Gasteiger partial charge in [0.1, 0.15) is 22.2 Å². The van der Waals surface area contributed by atoms with Crippen LogP contribution in [0.3, 0.4) is 0 Å². The molecule has 0 atom stereocenters. The third kappa shape index (κ3) is 6.70. The molecule has 18 aromatic rings. The number of furan rings is 2. The van der Waals surface area contributed by atoms with Crippen LogP contribution in [-0.2, 0) is 0 Å². The van der Waals surface area contributed by atoms with Crippen LogP contribution in [0.15, 0.2) is 203 Å². The summed E-state index contributed by atoms with van der Waals surface area (Å²) in [5.74, 6) is 0.647. The summed E-state index contributed by atoms with van der Waals surface area (Å²) in [6.07, 6.45) is 0. The molecule has 0 saturated heterocycles. The van der Waals surface area contributed by atoms with E-state index in [4.69, 9.17) is 48.6 Å². The second-order valence-corrected chi connectivity index (χ2v) is 22.0. The topological polar surface area (TPSA) is 98.6 Å². The number of hydrogen-bond donors (Lipinski definition) is 1. The van der Waals surface area contributed by atoms with E-state index < -0.39 is 0 Å². The van der Waals surface area contributed by atoms with Gasteiger partial charge in [0.25, 0.3) is 0 Å². The maximum atomic E-state index is 6.61. The molecule has 0 spiro atoms. The lowest BCUT2D eigenvalue weighted by Crippen LogP contribution is -2.00. The number of thiophene rings is 2. The van der Waals surface area contributed by atoms with Crippen molar-refractivity contribution in [2.24, 2.45) is 0 Å². The lowest BCUT2D eigenvalue weighted by Gasteiger charge is -2.10. The maximum absolute atomic E-state index is 6.61. The van der Waals surface area contributed by atoms with Gasteiger partial charge >= 0.3 is 0 Å². The number of H-pyrrole nitrogens is 1. The summed E-state index contributed by atoms with van der Waals surface area (Å²) in [6, 6.07) is 67.5. The molecule has 0 aliphatic heterocycles. The zero-order valence-electron chi connectivity index (χ0n) is 40.0. The van der Waals surface area contributed by atoms with Crippen molar-refractivity contribution in [3.63, 3.8) is 0 Å². The van der Waals surface area contributed by atoms with Crippen LogP contribution in [0.1, 0.15) is 0 Å². The Hall–Kier alpha value is -8.61. The molecule has 364 valence electrons. The first-order valence-electron chi connectivity index (χ1n) is 24.8. The van der Waals surface area contributed by atoms with E-state index in [9.17, 15) is 0 Å². The molecule has 0 amide bonds. The van der Waals surface area contributed by atoms with Crippen molar-refractivity contribution in [1.82, 2.24) is 29.5 Å². The minimum absolute atomic E-state index is 0.124. The number of rotatable bonds is 1. The highest BCUT2D eigenvalue weighted by molar-refractivity contribution is 7.27. The minimum atomic E-state index is 0.124. The molecule has 77 heavy (non-hydrogen) atoms. The summed E-state index contributed by atoms with van der Waals surface area (Å²) >= 11 is 22.0. The summed E-state index contributed by atoms with van der Waals surface area (Å²) in [4.78, 5) is 21.0. The fourth-order valence-electron chi connectivity index (χ4n) is 11.6. The monoisotopic (exact) mass is 1090 g/mol. The number of aromatic amines is 1. The summed E-state index contributed by atoms with van der Waals surface area (Å²) in [5.41, 5.74) is 8.58. The Kier molecular flexibility index (Phi) is 9.98. The van der Waals surface area contributed by atoms with Crippen LogP contribution in [0.2, 0.25) is 15.7 Å². The molecule has 0 fully saturated rings. The normalized spacial score (nSPS) is 12.1. The number of hydrogen-bond acceptors (Lipinski definition) is 8. The van der Waals surface area contributed by atoms with E-state index in [1.165, 1.54) is 89.1 Å². The number of nitrogens with one attached hydrogen (secondary N) is 1. The predicted octanol–water partition coefficient (Wildman–Crippen LogP) is 20.2. The number of halogens is 3. The van der Waals surface area contributed by atoms with Crippen LogP contribution in [0.4, 0.5) is 0 Å². The molecule has 10 aromatic carbocycles. The Labute approximate surface area is 457 Å². The number of benzene rings is 10. The molecule has 8 heterocycles. The Bertz CT molecular complexity index is 5500. The second kappa shape index (κ2) is 17.2. The average Bonchev–Trinajstić information content (AvgIpc) is 4.32. The summed E-state index contributed by atoms with van der Waals surface area (Å²) in [6.45, 7) is 0. The Morgan fingerprint density at radius 3 is 1.52 bits per heavy atom. The van der Waals surface area contributed by atoms with Gasteiger partial charge in [-0.2, -0.15) is 4.98 Å². The maximum Gasteiger partial charge on any atom is 0.225 e.